The van der Waals surface area contributed by atoms with Crippen LogP contribution >= 0.6 is 0 Å². The molecule has 2 aromatic carbocycles. The van der Waals surface area contributed by atoms with E-state index in [9.17, 15) is 0 Å². The molecule has 0 atom stereocenters. The Labute approximate surface area is 198 Å². The van der Waals surface area contributed by atoms with Crippen molar-refractivity contribution >= 4 is 27.9 Å². The van der Waals surface area contributed by atoms with E-state index in [0.29, 0.717) is 12.6 Å². The highest BCUT2D eigenvalue weighted by Gasteiger charge is 2.21. The van der Waals surface area contributed by atoms with Crippen LogP contribution in [0.2, 0.25) is 0 Å². The van der Waals surface area contributed by atoms with E-state index in [1.807, 2.05) is 18.2 Å². The largest absolute Gasteiger partial charge is 0.412 e. The first-order chi connectivity index (χ1) is 14.8. The average Bonchev–Trinajstić information content (AvgIpc) is 3.12. The minimum atomic E-state index is 0. The molecule has 1 aliphatic heterocycles. The standard InChI is InChI=1S/C24H28N6.4H2O/c25-13-16-29-14-11-19(12-15-29)27-24-28-22-7-3-4-8-23(22)30(24)17-20-10-9-18-5-1-2-6-21(18)26-20;;;;/h1-10,19H,11-17,25H2,(H,27,28);4*1H2. The van der Waals surface area contributed by atoms with Crippen molar-refractivity contribution < 1.29 is 21.9 Å². The third kappa shape index (κ3) is 6.06. The number of likely N-dealkylation sites (tertiary alicyclic amines) is 1. The lowest BCUT2D eigenvalue weighted by Crippen LogP contribution is -2.41. The van der Waals surface area contributed by atoms with E-state index in [1.165, 1.54) is 5.39 Å². The van der Waals surface area contributed by atoms with E-state index in [2.05, 4.69) is 57.2 Å². The summed E-state index contributed by atoms with van der Waals surface area (Å²) in [5.74, 6) is 0.934. The monoisotopic (exact) mass is 472 g/mol. The van der Waals surface area contributed by atoms with Gasteiger partial charge in [-0.05, 0) is 37.1 Å². The summed E-state index contributed by atoms with van der Waals surface area (Å²) < 4.78 is 2.26. The van der Waals surface area contributed by atoms with Gasteiger partial charge < -0.3 is 42.4 Å². The van der Waals surface area contributed by atoms with Crippen molar-refractivity contribution in [2.45, 2.75) is 25.4 Å². The van der Waals surface area contributed by atoms with Gasteiger partial charge in [-0.15, -0.1) is 0 Å². The molecule has 0 saturated carbocycles. The number of anilines is 1. The number of para-hydroxylation sites is 3. The Morgan fingerprint density at radius 3 is 2.24 bits per heavy atom. The van der Waals surface area contributed by atoms with Gasteiger partial charge >= 0.3 is 0 Å². The maximum atomic E-state index is 5.71. The van der Waals surface area contributed by atoms with Crippen LogP contribution in [0.25, 0.3) is 21.9 Å². The highest BCUT2D eigenvalue weighted by atomic mass is 16.0. The first-order valence-corrected chi connectivity index (χ1v) is 10.8. The maximum Gasteiger partial charge on any atom is 0.204 e. The smallest absolute Gasteiger partial charge is 0.204 e. The minimum absolute atomic E-state index is 0. The summed E-state index contributed by atoms with van der Waals surface area (Å²) in [6, 6.07) is 21.3. The van der Waals surface area contributed by atoms with E-state index >= 15 is 0 Å². The van der Waals surface area contributed by atoms with E-state index in [4.69, 9.17) is 15.7 Å². The Balaban J connectivity index is 0.00000144. The number of nitrogens with one attached hydrogen (secondary N) is 1. The van der Waals surface area contributed by atoms with Crippen LogP contribution in [0.3, 0.4) is 0 Å². The number of pyridine rings is 1. The Bertz CT molecular complexity index is 1160. The molecule has 1 aliphatic rings. The molecule has 0 amide bonds. The summed E-state index contributed by atoms with van der Waals surface area (Å²) >= 11 is 0. The number of aromatic nitrogens is 3. The number of nitrogens with two attached hydrogens (primary N) is 1. The topological polar surface area (TPSA) is 198 Å². The first-order valence-electron chi connectivity index (χ1n) is 10.8. The molecule has 2 aromatic heterocycles. The van der Waals surface area contributed by atoms with Crippen LogP contribution in [-0.2, 0) is 6.54 Å². The molecule has 0 radical (unpaired) electrons. The number of hydrogen-bond donors (Lipinski definition) is 2. The number of hydrogen-bond acceptors (Lipinski definition) is 5. The summed E-state index contributed by atoms with van der Waals surface area (Å²) in [4.78, 5) is 12.2. The zero-order chi connectivity index (χ0) is 20.3. The van der Waals surface area contributed by atoms with Gasteiger partial charge in [-0.2, -0.15) is 0 Å². The lowest BCUT2D eigenvalue weighted by atomic mass is 10.1. The molecule has 0 aliphatic carbocycles. The third-order valence-electron chi connectivity index (χ3n) is 6.00. The van der Waals surface area contributed by atoms with E-state index < -0.39 is 0 Å². The van der Waals surface area contributed by atoms with Crippen LogP contribution in [0.1, 0.15) is 18.5 Å². The second-order valence-electron chi connectivity index (χ2n) is 8.05. The number of nitrogens with zero attached hydrogens (tertiary/aromatic N) is 4. The minimum Gasteiger partial charge on any atom is -0.412 e. The number of fused-ring (bicyclic) bond motifs is 2. The Morgan fingerprint density at radius 2 is 1.50 bits per heavy atom. The van der Waals surface area contributed by atoms with Crippen molar-refractivity contribution in [1.82, 2.24) is 19.4 Å². The van der Waals surface area contributed by atoms with Crippen molar-refractivity contribution in [3.8, 4) is 0 Å². The second-order valence-corrected chi connectivity index (χ2v) is 8.05. The Kier molecular flexibility index (Phi) is 11.0. The van der Waals surface area contributed by atoms with Gasteiger partial charge in [0.1, 0.15) is 0 Å². The molecule has 186 valence electrons. The highest BCUT2D eigenvalue weighted by molar-refractivity contribution is 5.80. The predicted octanol–water partition coefficient (Wildman–Crippen LogP) is 0.169. The fourth-order valence-electron chi connectivity index (χ4n) is 4.37. The van der Waals surface area contributed by atoms with Gasteiger partial charge in [0.25, 0.3) is 0 Å². The summed E-state index contributed by atoms with van der Waals surface area (Å²) in [7, 11) is 0. The molecule has 10 heteroatoms. The normalized spacial score (nSPS) is 13.9. The summed E-state index contributed by atoms with van der Waals surface area (Å²) in [6.07, 6.45) is 2.22. The summed E-state index contributed by atoms with van der Waals surface area (Å²) in [6.45, 7) is 4.58. The number of imidazole rings is 1. The van der Waals surface area contributed by atoms with Crippen LogP contribution in [-0.4, -0.2) is 73.6 Å². The van der Waals surface area contributed by atoms with Crippen LogP contribution in [0.4, 0.5) is 5.95 Å². The van der Waals surface area contributed by atoms with Crippen LogP contribution in [0, 0.1) is 0 Å². The predicted molar refractivity (Wildman–Crippen MR) is 137 cm³/mol. The fraction of sp³-hybridized carbons (Fsp3) is 0.333. The lowest BCUT2D eigenvalue weighted by molar-refractivity contribution is 0.224. The quantitative estimate of drug-likeness (QED) is 0.402. The average molecular weight is 473 g/mol. The van der Waals surface area contributed by atoms with E-state index in [-0.39, 0.29) is 21.9 Å². The highest BCUT2D eigenvalue weighted by Crippen LogP contribution is 2.24. The summed E-state index contributed by atoms with van der Waals surface area (Å²) in [5, 5.41) is 4.89. The third-order valence-corrected chi connectivity index (χ3v) is 6.00. The zero-order valence-electron chi connectivity index (χ0n) is 19.2. The SMILES string of the molecule is NCCN1CCC(Nc2nc3ccccc3n2Cc2ccc3ccccc3n2)CC1.O.O.O.O. The first kappa shape index (κ1) is 28.9. The zero-order valence-corrected chi connectivity index (χ0v) is 19.2. The molecule has 0 spiro atoms. The van der Waals surface area contributed by atoms with Gasteiger partial charge in [0.15, 0.2) is 0 Å². The van der Waals surface area contributed by atoms with E-state index in [0.717, 1.165) is 67.2 Å². The molecule has 1 fully saturated rings. The van der Waals surface area contributed by atoms with Crippen molar-refractivity contribution in [1.29, 1.82) is 0 Å². The van der Waals surface area contributed by atoms with Gasteiger partial charge in [0.2, 0.25) is 5.95 Å². The van der Waals surface area contributed by atoms with E-state index in [1.54, 1.807) is 0 Å². The van der Waals surface area contributed by atoms with Gasteiger partial charge in [-0.3, -0.25) is 4.98 Å². The molecule has 10 nitrogen and oxygen atoms in total. The molecule has 34 heavy (non-hydrogen) atoms. The molecular weight excluding hydrogens is 436 g/mol. The Morgan fingerprint density at radius 1 is 0.824 bits per heavy atom. The number of benzene rings is 2. The molecule has 5 rings (SSSR count). The van der Waals surface area contributed by atoms with Crippen molar-refractivity contribution in [3.05, 3.63) is 66.4 Å². The second kappa shape index (κ2) is 12.9. The molecule has 1 saturated heterocycles. The van der Waals surface area contributed by atoms with Crippen molar-refractivity contribution in [2.75, 3.05) is 31.5 Å². The summed E-state index contributed by atoms with van der Waals surface area (Å²) in [5.41, 5.74) is 9.93. The van der Waals surface area contributed by atoms with Crippen molar-refractivity contribution in [3.63, 3.8) is 0 Å². The van der Waals surface area contributed by atoms with Gasteiger partial charge in [0, 0.05) is 37.6 Å². The van der Waals surface area contributed by atoms with Crippen LogP contribution in [0.5, 0.6) is 0 Å². The number of rotatable bonds is 6. The molecule has 4 aromatic rings. The van der Waals surface area contributed by atoms with Gasteiger partial charge in [-0.25, -0.2) is 4.98 Å². The molecule has 11 N–H and O–H groups in total. The van der Waals surface area contributed by atoms with Gasteiger partial charge in [-0.1, -0.05) is 36.4 Å². The van der Waals surface area contributed by atoms with Gasteiger partial charge in [0.05, 0.1) is 28.8 Å². The van der Waals surface area contributed by atoms with Crippen LogP contribution < -0.4 is 11.1 Å². The van der Waals surface area contributed by atoms with Crippen LogP contribution in [0.15, 0.2) is 60.7 Å². The lowest BCUT2D eigenvalue weighted by Gasteiger charge is -2.32. The van der Waals surface area contributed by atoms with Crippen molar-refractivity contribution in [2.24, 2.45) is 5.73 Å². The molecule has 3 heterocycles. The Hall–Kier alpha value is -3.12. The molecular formula is C24H36N6O4. The maximum absolute atomic E-state index is 5.71. The molecule has 0 bridgehead atoms. The fourth-order valence-corrected chi connectivity index (χ4v) is 4.37. The number of piperidine rings is 1. The molecule has 0 unspecified atom stereocenters.